The largest absolute Gasteiger partial charge is 0.325 e. The molecule has 4 heteroatoms. The van der Waals surface area contributed by atoms with Crippen LogP contribution in [0.4, 0.5) is 4.79 Å². The Labute approximate surface area is 150 Å². The molecule has 2 amide bonds. The normalized spacial score (nSPS) is 23.5. The minimum absolute atomic E-state index is 0.0696. The van der Waals surface area contributed by atoms with E-state index in [0.717, 1.165) is 44.3 Å². The number of hydrogen-bond acceptors (Lipinski definition) is 2. The van der Waals surface area contributed by atoms with Gasteiger partial charge in [-0.3, -0.25) is 0 Å². The molecule has 1 fully saturated rings. The number of fused-ring (bicyclic) bond motifs is 1. The lowest BCUT2D eigenvalue weighted by Crippen LogP contribution is -2.41. The molecule has 1 heterocycles. The molecule has 1 N–H and O–H groups in total. The van der Waals surface area contributed by atoms with Gasteiger partial charge in [-0.2, -0.15) is 5.26 Å². The zero-order valence-corrected chi connectivity index (χ0v) is 15.3. The van der Waals surface area contributed by atoms with Gasteiger partial charge in [0.25, 0.3) is 0 Å². The van der Waals surface area contributed by atoms with Gasteiger partial charge in [0.15, 0.2) is 0 Å². The Morgan fingerprint density at radius 2 is 1.92 bits per heavy atom. The zero-order valence-electron chi connectivity index (χ0n) is 15.3. The second-order valence-electron chi connectivity index (χ2n) is 7.44. The number of likely N-dealkylation sites (tertiary alicyclic amines) is 1. The molecule has 4 nitrogen and oxygen atoms in total. The number of benzene rings is 1. The summed E-state index contributed by atoms with van der Waals surface area (Å²) in [5.41, 5.74) is 3.38. The number of nitrogens with zero attached hydrogens (tertiary/aromatic N) is 2. The molecule has 0 aromatic heterocycles. The van der Waals surface area contributed by atoms with Crippen LogP contribution in [-0.4, -0.2) is 24.0 Å². The number of rotatable bonds is 2. The number of allylic oxidation sites excluding steroid dienone is 1. The third kappa shape index (κ3) is 3.42. The number of carbonyl (C=O) groups is 1. The molecular weight excluding hydrogens is 310 g/mol. The Hall–Kier alpha value is -2.28. The van der Waals surface area contributed by atoms with Crippen molar-refractivity contribution in [3.63, 3.8) is 0 Å². The van der Waals surface area contributed by atoms with Crippen molar-refractivity contribution in [3.8, 4) is 6.07 Å². The molecule has 2 aliphatic rings. The van der Waals surface area contributed by atoms with E-state index in [1.54, 1.807) is 0 Å². The predicted molar refractivity (Wildman–Crippen MR) is 99.6 cm³/mol. The lowest BCUT2D eigenvalue weighted by Gasteiger charge is -2.36. The molecular formula is C21H27N3O. The standard InChI is InChI=1S/C21H27N3O/c1-3-21(2)14-16-10-6-7-11-17(16)19(18(21)15-22)23-20(25)24-12-8-4-5-9-13-24/h6-7,10-11H,3-5,8-9,12-14H2,1-2H3,(H,23,25). The fourth-order valence-corrected chi connectivity index (χ4v) is 3.95. The molecule has 1 unspecified atom stereocenters. The molecule has 0 bridgehead atoms. The SMILES string of the molecule is CCC1(C)Cc2ccccc2C(NC(=O)N2CCCCCC2)=C1C#N. The van der Waals surface area contributed by atoms with E-state index in [2.05, 4.69) is 31.3 Å². The smallest absolute Gasteiger partial charge is 0.321 e. The van der Waals surface area contributed by atoms with Crippen LogP contribution in [0.25, 0.3) is 5.70 Å². The predicted octanol–water partition coefficient (Wildman–Crippen LogP) is 4.48. The number of nitriles is 1. The molecule has 0 radical (unpaired) electrons. The fourth-order valence-electron chi connectivity index (χ4n) is 3.95. The summed E-state index contributed by atoms with van der Waals surface area (Å²) in [4.78, 5) is 14.8. The number of nitrogens with one attached hydrogen (secondary N) is 1. The maximum absolute atomic E-state index is 12.9. The maximum atomic E-state index is 12.9. The number of amides is 2. The Morgan fingerprint density at radius 1 is 1.24 bits per heavy atom. The quantitative estimate of drug-likeness (QED) is 0.865. The molecule has 1 aromatic carbocycles. The van der Waals surface area contributed by atoms with Gasteiger partial charge in [0.05, 0.1) is 17.3 Å². The Morgan fingerprint density at radius 3 is 2.56 bits per heavy atom. The lowest BCUT2D eigenvalue weighted by atomic mass is 9.69. The zero-order chi connectivity index (χ0) is 17.9. The van der Waals surface area contributed by atoms with Gasteiger partial charge < -0.3 is 10.2 Å². The van der Waals surface area contributed by atoms with E-state index >= 15 is 0 Å². The Bertz CT molecular complexity index is 723. The highest BCUT2D eigenvalue weighted by molar-refractivity contribution is 5.89. The second kappa shape index (κ2) is 7.31. The summed E-state index contributed by atoms with van der Waals surface area (Å²) in [5, 5.41) is 13.0. The van der Waals surface area contributed by atoms with Crippen molar-refractivity contribution in [2.45, 2.75) is 52.4 Å². The van der Waals surface area contributed by atoms with Crippen molar-refractivity contribution in [1.29, 1.82) is 5.26 Å². The molecule has 1 aliphatic heterocycles. The third-order valence-corrected chi connectivity index (χ3v) is 5.74. The van der Waals surface area contributed by atoms with Gasteiger partial charge in [-0.15, -0.1) is 0 Å². The van der Waals surface area contributed by atoms with Gasteiger partial charge in [0, 0.05) is 24.1 Å². The summed E-state index contributed by atoms with van der Waals surface area (Å²) in [6.07, 6.45) is 6.19. The number of urea groups is 1. The summed E-state index contributed by atoms with van der Waals surface area (Å²) in [7, 11) is 0. The van der Waals surface area contributed by atoms with Crippen molar-refractivity contribution < 1.29 is 4.79 Å². The van der Waals surface area contributed by atoms with Crippen LogP contribution in [0.5, 0.6) is 0 Å². The third-order valence-electron chi connectivity index (χ3n) is 5.74. The van der Waals surface area contributed by atoms with Crippen molar-refractivity contribution in [2.75, 3.05) is 13.1 Å². The summed E-state index contributed by atoms with van der Waals surface area (Å²) < 4.78 is 0. The van der Waals surface area contributed by atoms with Crippen LogP contribution < -0.4 is 5.32 Å². The van der Waals surface area contributed by atoms with E-state index in [4.69, 9.17) is 0 Å². The molecule has 1 atom stereocenters. The molecule has 1 saturated heterocycles. The van der Waals surface area contributed by atoms with Crippen LogP contribution in [-0.2, 0) is 6.42 Å². The van der Waals surface area contributed by atoms with E-state index in [9.17, 15) is 10.1 Å². The van der Waals surface area contributed by atoms with Crippen molar-refractivity contribution >= 4 is 11.7 Å². The number of carbonyl (C=O) groups excluding carboxylic acids is 1. The van der Waals surface area contributed by atoms with Gasteiger partial charge in [-0.05, 0) is 31.2 Å². The Kier molecular flexibility index (Phi) is 5.13. The van der Waals surface area contributed by atoms with Crippen LogP contribution in [0.3, 0.4) is 0 Å². The summed E-state index contributed by atoms with van der Waals surface area (Å²) in [5.74, 6) is 0. The molecule has 0 saturated carbocycles. The first kappa shape index (κ1) is 17.5. The molecule has 1 aliphatic carbocycles. The van der Waals surface area contributed by atoms with E-state index in [-0.39, 0.29) is 11.4 Å². The number of hydrogen-bond donors (Lipinski definition) is 1. The maximum Gasteiger partial charge on any atom is 0.321 e. The molecule has 3 rings (SSSR count). The van der Waals surface area contributed by atoms with E-state index in [1.165, 1.54) is 18.4 Å². The van der Waals surface area contributed by atoms with Crippen LogP contribution in [0.2, 0.25) is 0 Å². The summed E-state index contributed by atoms with van der Waals surface area (Å²) in [6.45, 7) is 5.83. The van der Waals surface area contributed by atoms with Crippen LogP contribution in [0, 0.1) is 16.7 Å². The highest BCUT2D eigenvalue weighted by atomic mass is 16.2. The Balaban J connectivity index is 1.97. The lowest BCUT2D eigenvalue weighted by molar-refractivity contribution is 0.204. The first-order chi connectivity index (χ1) is 12.1. The molecule has 0 spiro atoms. The second-order valence-corrected chi connectivity index (χ2v) is 7.44. The minimum Gasteiger partial charge on any atom is -0.325 e. The van der Waals surface area contributed by atoms with Gasteiger partial charge in [0.1, 0.15) is 0 Å². The first-order valence-electron chi connectivity index (χ1n) is 9.38. The van der Waals surface area contributed by atoms with Crippen molar-refractivity contribution in [3.05, 3.63) is 41.0 Å². The average molecular weight is 337 g/mol. The van der Waals surface area contributed by atoms with E-state index in [1.807, 2.05) is 23.1 Å². The van der Waals surface area contributed by atoms with Gasteiger partial charge in [-0.25, -0.2) is 4.79 Å². The topological polar surface area (TPSA) is 56.1 Å². The highest BCUT2D eigenvalue weighted by Crippen LogP contribution is 2.43. The molecule has 25 heavy (non-hydrogen) atoms. The summed E-state index contributed by atoms with van der Waals surface area (Å²) >= 11 is 0. The van der Waals surface area contributed by atoms with E-state index in [0.29, 0.717) is 11.3 Å². The monoisotopic (exact) mass is 337 g/mol. The van der Waals surface area contributed by atoms with E-state index < -0.39 is 0 Å². The molecule has 132 valence electrons. The summed E-state index contributed by atoms with van der Waals surface area (Å²) in [6, 6.07) is 10.5. The van der Waals surface area contributed by atoms with Crippen LogP contribution in [0.1, 0.15) is 57.1 Å². The van der Waals surface area contributed by atoms with Crippen molar-refractivity contribution in [1.82, 2.24) is 10.2 Å². The first-order valence-corrected chi connectivity index (χ1v) is 9.38. The minimum atomic E-state index is -0.232. The van der Waals surface area contributed by atoms with Gasteiger partial charge in [-0.1, -0.05) is 51.0 Å². The molecule has 1 aromatic rings. The fraction of sp³-hybridized carbons (Fsp3) is 0.524. The average Bonchev–Trinajstić information content (AvgIpc) is 2.91. The van der Waals surface area contributed by atoms with Crippen molar-refractivity contribution in [2.24, 2.45) is 5.41 Å². The van der Waals surface area contributed by atoms with Gasteiger partial charge in [0.2, 0.25) is 0 Å². The highest BCUT2D eigenvalue weighted by Gasteiger charge is 2.37. The van der Waals surface area contributed by atoms with Crippen LogP contribution >= 0.6 is 0 Å². The van der Waals surface area contributed by atoms with Crippen LogP contribution in [0.15, 0.2) is 29.8 Å². The van der Waals surface area contributed by atoms with Gasteiger partial charge >= 0.3 is 6.03 Å².